The van der Waals surface area contributed by atoms with Crippen LogP contribution in [0, 0.1) is 5.82 Å². The molecule has 0 spiro atoms. The third-order valence-corrected chi connectivity index (χ3v) is 7.27. The SMILES string of the molecule is O=C(NCc1ccnc(OCc2ccccc2)c1)c1ccc(F)c(S(=O)(=O)N2CCCC2)c1. The van der Waals surface area contributed by atoms with Gasteiger partial charge in [0.1, 0.15) is 17.3 Å². The number of carbonyl (C=O) groups is 1. The summed E-state index contributed by atoms with van der Waals surface area (Å²) < 4.78 is 46.8. The Hall–Kier alpha value is -3.30. The molecule has 4 rings (SSSR count). The van der Waals surface area contributed by atoms with Gasteiger partial charge < -0.3 is 10.1 Å². The molecule has 1 saturated heterocycles. The molecule has 1 aliphatic rings. The van der Waals surface area contributed by atoms with E-state index in [1.807, 2.05) is 30.3 Å². The summed E-state index contributed by atoms with van der Waals surface area (Å²) >= 11 is 0. The summed E-state index contributed by atoms with van der Waals surface area (Å²) in [6, 6.07) is 16.5. The van der Waals surface area contributed by atoms with Gasteiger partial charge in [-0.25, -0.2) is 17.8 Å². The van der Waals surface area contributed by atoms with Crippen molar-refractivity contribution in [2.45, 2.75) is 30.9 Å². The Kier molecular flexibility index (Phi) is 7.00. The minimum Gasteiger partial charge on any atom is -0.473 e. The molecule has 9 heteroatoms. The first-order chi connectivity index (χ1) is 15.9. The molecule has 1 aromatic heterocycles. The van der Waals surface area contributed by atoms with Crippen LogP contribution in [0.4, 0.5) is 4.39 Å². The zero-order valence-corrected chi connectivity index (χ0v) is 18.7. The molecule has 0 unspecified atom stereocenters. The van der Waals surface area contributed by atoms with Gasteiger partial charge >= 0.3 is 0 Å². The first-order valence-electron chi connectivity index (χ1n) is 10.6. The van der Waals surface area contributed by atoms with Crippen LogP contribution >= 0.6 is 0 Å². The minimum atomic E-state index is -3.97. The average Bonchev–Trinajstić information content (AvgIpc) is 3.38. The second-order valence-corrected chi connectivity index (χ2v) is 9.62. The maximum atomic E-state index is 14.3. The van der Waals surface area contributed by atoms with Gasteiger partial charge in [-0.15, -0.1) is 0 Å². The Balaban J connectivity index is 1.41. The topological polar surface area (TPSA) is 88.6 Å². The third-order valence-electron chi connectivity index (χ3n) is 5.36. The van der Waals surface area contributed by atoms with Crippen molar-refractivity contribution >= 4 is 15.9 Å². The Labute approximate surface area is 192 Å². The van der Waals surface area contributed by atoms with E-state index >= 15 is 0 Å². The molecule has 1 fully saturated rings. The van der Waals surface area contributed by atoms with E-state index in [4.69, 9.17) is 4.74 Å². The van der Waals surface area contributed by atoms with Crippen LogP contribution in [0.1, 0.15) is 34.3 Å². The van der Waals surface area contributed by atoms with Crippen LogP contribution < -0.4 is 10.1 Å². The molecular weight excluding hydrogens is 445 g/mol. The van der Waals surface area contributed by atoms with Crippen molar-refractivity contribution < 1.29 is 22.3 Å². The number of rotatable bonds is 8. The Morgan fingerprint density at radius 2 is 1.79 bits per heavy atom. The van der Waals surface area contributed by atoms with E-state index in [9.17, 15) is 17.6 Å². The zero-order chi connectivity index (χ0) is 23.3. The van der Waals surface area contributed by atoms with Crippen LogP contribution in [0.15, 0.2) is 71.8 Å². The van der Waals surface area contributed by atoms with E-state index < -0.39 is 26.6 Å². The highest BCUT2D eigenvalue weighted by Crippen LogP contribution is 2.24. The number of pyridine rings is 1. The molecule has 0 saturated carbocycles. The number of halogens is 1. The van der Waals surface area contributed by atoms with Gasteiger partial charge in [0.05, 0.1) is 0 Å². The van der Waals surface area contributed by atoms with Gasteiger partial charge in [-0.1, -0.05) is 30.3 Å². The summed E-state index contributed by atoms with van der Waals surface area (Å²) in [7, 11) is -3.97. The number of nitrogens with one attached hydrogen (secondary N) is 1. The summed E-state index contributed by atoms with van der Waals surface area (Å²) in [6.45, 7) is 1.26. The lowest BCUT2D eigenvalue weighted by Gasteiger charge is -2.16. The Morgan fingerprint density at radius 1 is 1.03 bits per heavy atom. The predicted molar refractivity (Wildman–Crippen MR) is 121 cm³/mol. The monoisotopic (exact) mass is 469 g/mol. The summed E-state index contributed by atoms with van der Waals surface area (Å²) in [6.07, 6.45) is 3.06. The lowest BCUT2D eigenvalue weighted by Crippen LogP contribution is -2.29. The van der Waals surface area contributed by atoms with E-state index in [1.165, 1.54) is 10.4 Å². The van der Waals surface area contributed by atoms with Crippen LogP contribution in [0.25, 0.3) is 0 Å². The van der Waals surface area contributed by atoms with Crippen LogP contribution in [0.5, 0.6) is 5.88 Å². The number of nitrogens with zero attached hydrogens (tertiary/aromatic N) is 2. The van der Waals surface area contributed by atoms with Gasteiger partial charge in [-0.05, 0) is 48.2 Å². The molecule has 2 aromatic carbocycles. The largest absolute Gasteiger partial charge is 0.473 e. The molecule has 1 aliphatic heterocycles. The number of hydrogen-bond acceptors (Lipinski definition) is 5. The van der Waals surface area contributed by atoms with Crippen molar-refractivity contribution in [3.8, 4) is 5.88 Å². The average molecular weight is 470 g/mol. The summed E-state index contributed by atoms with van der Waals surface area (Å²) in [4.78, 5) is 16.3. The number of amides is 1. The molecule has 1 N–H and O–H groups in total. The molecule has 0 atom stereocenters. The van der Waals surface area contributed by atoms with Crippen molar-refractivity contribution in [3.05, 3.63) is 89.4 Å². The third kappa shape index (κ3) is 5.55. The first kappa shape index (κ1) is 22.9. The summed E-state index contributed by atoms with van der Waals surface area (Å²) in [5, 5.41) is 2.73. The summed E-state index contributed by atoms with van der Waals surface area (Å²) in [5.41, 5.74) is 1.84. The second-order valence-electron chi connectivity index (χ2n) is 7.72. The molecule has 0 aliphatic carbocycles. The van der Waals surface area contributed by atoms with Crippen molar-refractivity contribution in [2.75, 3.05) is 13.1 Å². The fraction of sp³-hybridized carbons (Fsp3) is 0.250. The van der Waals surface area contributed by atoms with Crippen LogP contribution in [0.2, 0.25) is 0 Å². The highest BCUT2D eigenvalue weighted by Gasteiger charge is 2.30. The van der Waals surface area contributed by atoms with E-state index in [0.29, 0.717) is 25.6 Å². The minimum absolute atomic E-state index is 0.0729. The molecule has 172 valence electrons. The van der Waals surface area contributed by atoms with Crippen molar-refractivity contribution in [2.24, 2.45) is 0 Å². The van der Waals surface area contributed by atoms with Gasteiger partial charge in [0.15, 0.2) is 0 Å². The van der Waals surface area contributed by atoms with Gasteiger partial charge in [0.2, 0.25) is 15.9 Å². The number of hydrogen-bond donors (Lipinski definition) is 1. The molecule has 1 amide bonds. The maximum Gasteiger partial charge on any atom is 0.251 e. The smallest absolute Gasteiger partial charge is 0.251 e. The van der Waals surface area contributed by atoms with Crippen molar-refractivity contribution in [1.82, 2.24) is 14.6 Å². The molecule has 0 bridgehead atoms. The van der Waals surface area contributed by atoms with Crippen LogP contribution in [-0.4, -0.2) is 36.7 Å². The van der Waals surface area contributed by atoms with E-state index in [-0.39, 0.29) is 12.1 Å². The maximum absolute atomic E-state index is 14.3. The lowest BCUT2D eigenvalue weighted by atomic mass is 10.2. The Morgan fingerprint density at radius 3 is 2.55 bits per heavy atom. The van der Waals surface area contributed by atoms with E-state index in [0.717, 1.165) is 36.1 Å². The standard InChI is InChI=1S/C24H24FN3O4S/c25-21-9-8-20(15-22(21)33(30,31)28-12-4-5-13-28)24(29)27-16-19-10-11-26-23(14-19)32-17-18-6-2-1-3-7-18/h1-3,6-11,14-15H,4-5,12-13,16-17H2,(H,27,29). The highest BCUT2D eigenvalue weighted by atomic mass is 32.2. The zero-order valence-electron chi connectivity index (χ0n) is 17.9. The highest BCUT2D eigenvalue weighted by molar-refractivity contribution is 7.89. The number of carbonyl (C=O) groups excluding carboxylic acids is 1. The molecule has 7 nitrogen and oxygen atoms in total. The van der Waals surface area contributed by atoms with Gasteiger partial charge in [-0.3, -0.25) is 4.79 Å². The summed E-state index contributed by atoms with van der Waals surface area (Å²) in [5.74, 6) is -0.949. The first-order valence-corrected chi connectivity index (χ1v) is 12.1. The molecule has 2 heterocycles. The number of ether oxygens (including phenoxy) is 1. The quantitative estimate of drug-likeness (QED) is 0.545. The van der Waals surface area contributed by atoms with Crippen molar-refractivity contribution in [1.29, 1.82) is 0 Å². The number of sulfonamides is 1. The van der Waals surface area contributed by atoms with Gasteiger partial charge in [0.25, 0.3) is 5.91 Å². The van der Waals surface area contributed by atoms with E-state index in [1.54, 1.807) is 18.3 Å². The van der Waals surface area contributed by atoms with Crippen LogP contribution in [-0.2, 0) is 23.2 Å². The molecule has 33 heavy (non-hydrogen) atoms. The predicted octanol–water partition coefficient (Wildman–Crippen LogP) is 3.51. The number of benzene rings is 2. The molecular formula is C24H24FN3O4S. The lowest BCUT2D eigenvalue weighted by molar-refractivity contribution is 0.0950. The fourth-order valence-electron chi connectivity index (χ4n) is 3.57. The normalized spacial score (nSPS) is 14.2. The molecule has 0 radical (unpaired) electrons. The second kappa shape index (κ2) is 10.1. The van der Waals surface area contributed by atoms with Gasteiger partial charge in [0, 0.05) is 37.5 Å². The van der Waals surface area contributed by atoms with E-state index in [2.05, 4.69) is 10.3 Å². The fourth-order valence-corrected chi connectivity index (χ4v) is 5.17. The number of aromatic nitrogens is 1. The van der Waals surface area contributed by atoms with Crippen molar-refractivity contribution in [3.63, 3.8) is 0 Å². The van der Waals surface area contributed by atoms with Crippen LogP contribution in [0.3, 0.4) is 0 Å². The molecule has 3 aromatic rings. The van der Waals surface area contributed by atoms with Gasteiger partial charge in [-0.2, -0.15) is 4.31 Å². The Bertz CT molecular complexity index is 1230.